The van der Waals surface area contributed by atoms with E-state index in [2.05, 4.69) is 35.0 Å². The van der Waals surface area contributed by atoms with Crippen molar-refractivity contribution >= 4 is 30.5 Å². The molecular weight excluding hydrogens is 554 g/mol. The summed E-state index contributed by atoms with van der Waals surface area (Å²) in [5, 5.41) is 7.85. The highest BCUT2D eigenvalue weighted by Gasteiger charge is 2.37. The van der Waals surface area contributed by atoms with Gasteiger partial charge in [0.2, 0.25) is 0 Å². The highest BCUT2D eigenvalue weighted by molar-refractivity contribution is 6.76. The van der Waals surface area contributed by atoms with E-state index in [0.717, 1.165) is 6.04 Å². The summed E-state index contributed by atoms with van der Waals surface area (Å²) >= 11 is 0. The number of pyridine rings is 1. The Hall–Kier alpha value is -3.58. The molecule has 0 saturated heterocycles. The van der Waals surface area contributed by atoms with Gasteiger partial charge in [-0.25, -0.2) is 9.67 Å². The molecule has 2 heterocycles. The highest BCUT2D eigenvalue weighted by Crippen LogP contribution is 2.38. The van der Waals surface area contributed by atoms with E-state index in [1.807, 2.05) is 0 Å². The van der Waals surface area contributed by atoms with Crippen LogP contribution in [-0.2, 0) is 23.8 Å². The Morgan fingerprint density at radius 1 is 0.875 bits per heavy atom. The van der Waals surface area contributed by atoms with Gasteiger partial charge in [-0.1, -0.05) is 19.6 Å². The Labute approximate surface area is 227 Å². The van der Waals surface area contributed by atoms with Gasteiger partial charge in [0.25, 0.3) is 0 Å². The minimum atomic E-state index is -4.96. The van der Waals surface area contributed by atoms with E-state index in [9.17, 15) is 26.3 Å². The molecule has 0 spiro atoms. The molecule has 6 nitrogen and oxygen atoms in total. The summed E-state index contributed by atoms with van der Waals surface area (Å²) in [7, 11) is 0.225. The number of alkyl halides is 6. The van der Waals surface area contributed by atoms with Crippen LogP contribution in [0.2, 0.25) is 25.7 Å². The van der Waals surface area contributed by atoms with E-state index < -0.39 is 31.6 Å². The number of methoxy groups -OCH3 is 1. The maximum absolute atomic E-state index is 13.3. The second-order valence-electron chi connectivity index (χ2n) is 10.4. The van der Waals surface area contributed by atoms with Crippen molar-refractivity contribution in [3.8, 4) is 17.0 Å². The first-order chi connectivity index (χ1) is 18.6. The molecule has 0 unspecified atom stereocenters. The fourth-order valence-electron chi connectivity index (χ4n) is 3.90. The molecule has 0 amide bonds. The van der Waals surface area contributed by atoms with Gasteiger partial charge in [0.05, 0.1) is 30.1 Å². The number of anilines is 2. The fourth-order valence-corrected chi connectivity index (χ4v) is 4.66. The lowest BCUT2D eigenvalue weighted by Crippen LogP contribution is -2.22. The summed E-state index contributed by atoms with van der Waals surface area (Å²) in [6.45, 7) is 7.38. The molecule has 0 fully saturated rings. The van der Waals surface area contributed by atoms with Crippen LogP contribution < -0.4 is 10.1 Å². The van der Waals surface area contributed by atoms with E-state index in [4.69, 9.17) is 9.47 Å². The number of hydrogen-bond donors (Lipinski definition) is 1. The number of fused-ring (bicyclic) bond motifs is 1. The predicted octanol–water partition coefficient (Wildman–Crippen LogP) is 8.20. The fraction of sp³-hybridized carbons (Fsp3) is 0.333. The van der Waals surface area contributed by atoms with Gasteiger partial charge >= 0.3 is 12.4 Å². The quantitative estimate of drug-likeness (QED) is 0.122. The van der Waals surface area contributed by atoms with Crippen LogP contribution >= 0.6 is 0 Å². The molecule has 0 aliphatic rings. The van der Waals surface area contributed by atoms with E-state index in [1.54, 1.807) is 35.0 Å². The maximum Gasteiger partial charge on any atom is 0.416 e. The molecule has 0 atom stereocenters. The molecule has 0 saturated carbocycles. The molecule has 0 aliphatic heterocycles. The van der Waals surface area contributed by atoms with Crippen LogP contribution in [0.5, 0.6) is 5.75 Å². The van der Waals surface area contributed by atoms with Gasteiger partial charge < -0.3 is 14.8 Å². The average molecular weight is 583 g/mol. The molecule has 0 radical (unpaired) electrons. The van der Waals surface area contributed by atoms with Crippen LogP contribution in [0.4, 0.5) is 37.7 Å². The molecule has 13 heteroatoms. The SMILES string of the molecule is COc1ccc(-c2nn(COCC[Si](C)(C)C)c3ncc(Nc4cc(C(F)(F)F)cc(C(F)(F)F)c4)cc23)cc1. The van der Waals surface area contributed by atoms with Crippen LogP contribution in [0.15, 0.2) is 54.7 Å². The third kappa shape index (κ3) is 7.13. The normalized spacial score (nSPS) is 12.7. The van der Waals surface area contributed by atoms with E-state index in [1.165, 1.54) is 13.3 Å². The molecular formula is C27H28F6N4O2Si. The number of nitrogens with zero attached hydrogens (tertiary/aromatic N) is 3. The van der Waals surface area contributed by atoms with Gasteiger partial charge in [0.1, 0.15) is 18.2 Å². The molecule has 40 heavy (non-hydrogen) atoms. The van der Waals surface area contributed by atoms with Crippen LogP contribution in [0.3, 0.4) is 0 Å². The smallest absolute Gasteiger partial charge is 0.416 e. The van der Waals surface area contributed by atoms with Crippen molar-refractivity contribution in [1.82, 2.24) is 14.8 Å². The summed E-state index contributed by atoms with van der Waals surface area (Å²) in [4.78, 5) is 4.42. The zero-order valence-corrected chi connectivity index (χ0v) is 23.2. The molecule has 214 valence electrons. The molecule has 2 aromatic carbocycles. The van der Waals surface area contributed by atoms with Gasteiger partial charge in [0, 0.05) is 31.3 Å². The van der Waals surface area contributed by atoms with E-state index >= 15 is 0 Å². The standard InChI is InChI=1S/C27H28F6N4O2Si/c1-38-22-7-5-17(6-8-22)24-23-14-21(15-34-25(23)37(36-24)16-39-9-10-40(2,3)4)35-20-12-18(26(28,29)30)11-19(13-20)27(31,32)33/h5-8,11-15,35H,9-10,16H2,1-4H3. The molecule has 0 bridgehead atoms. The maximum atomic E-state index is 13.3. The predicted molar refractivity (Wildman–Crippen MR) is 143 cm³/mol. The molecule has 4 aromatic rings. The molecule has 4 rings (SSSR count). The lowest BCUT2D eigenvalue weighted by atomic mass is 10.1. The lowest BCUT2D eigenvalue weighted by Gasteiger charge is -2.15. The van der Waals surface area contributed by atoms with Gasteiger partial charge in [0.15, 0.2) is 5.65 Å². The summed E-state index contributed by atoms with van der Waals surface area (Å²) in [5.41, 5.74) is -1.34. The van der Waals surface area contributed by atoms with Crippen LogP contribution in [0.25, 0.3) is 22.3 Å². The van der Waals surface area contributed by atoms with Gasteiger partial charge in [-0.2, -0.15) is 31.4 Å². The number of ether oxygens (including phenoxy) is 2. The summed E-state index contributed by atoms with van der Waals surface area (Å²) in [6, 6.07) is 11.0. The highest BCUT2D eigenvalue weighted by atomic mass is 28.3. The Bertz CT molecular complexity index is 1450. The van der Waals surface area contributed by atoms with Gasteiger partial charge in [-0.3, -0.25) is 0 Å². The van der Waals surface area contributed by atoms with Crippen molar-refractivity contribution in [1.29, 1.82) is 0 Å². The number of aromatic nitrogens is 3. The first-order valence-electron chi connectivity index (χ1n) is 12.3. The lowest BCUT2D eigenvalue weighted by molar-refractivity contribution is -0.143. The number of benzene rings is 2. The Kier molecular flexibility index (Phi) is 8.17. The van der Waals surface area contributed by atoms with Crippen molar-refractivity contribution < 1.29 is 35.8 Å². The van der Waals surface area contributed by atoms with Gasteiger partial charge in [-0.05, 0) is 54.6 Å². The molecule has 0 aliphatic carbocycles. The second kappa shape index (κ2) is 11.1. The zero-order valence-electron chi connectivity index (χ0n) is 22.2. The Morgan fingerprint density at radius 2 is 1.50 bits per heavy atom. The first kappa shape index (κ1) is 29.4. The third-order valence-corrected chi connectivity index (χ3v) is 7.74. The minimum Gasteiger partial charge on any atom is -0.497 e. The zero-order chi connectivity index (χ0) is 29.3. The number of halogens is 6. The van der Waals surface area contributed by atoms with Crippen molar-refractivity contribution in [2.24, 2.45) is 0 Å². The van der Waals surface area contributed by atoms with Gasteiger partial charge in [-0.15, -0.1) is 0 Å². The van der Waals surface area contributed by atoms with Crippen LogP contribution in [-0.4, -0.2) is 36.6 Å². The summed E-state index contributed by atoms with van der Waals surface area (Å²) in [5.74, 6) is 0.632. The van der Waals surface area contributed by atoms with E-state index in [-0.39, 0.29) is 24.2 Å². The average Bonchev–Trinajstić information content (AvgIpc) is 3.22. The van der Waals surface area contributed by atoms with Crippen molar-refractivity contribution in [2.75, 3.05) is 19.0 Å². The largest absolute Gasteiger partial charge is 0.497 e. The van der Waals surface area contributed by atoms with E-state index in [0.29, 0.717) is 46.8 Å². The van der Waals surface area contributed by atoms with Crippen LogP contribution in [0.1, 0.15) is 11.1 Å². The summed E-state index contributed by atoms with van der Waals surface area (Å²) in [6.07, 6.45) is -8.59. The first-order valence-corrected chi connectivity index (χ1v) is 16.0. The van der Waals surface area contributed by atoms with Crippen molar-refractivity contribution in [2.45, 2.75) is 44.8 Å². The third-order valence-electron chi connectivity index (χ3n) is 6.04. The topological polar surface area (TPSA) is 61.2 Å². The number of hydrogen-bond acceptors (Lipinski definition) is 5. The second-order valence-corrected chi connectivity index (χ2v) is 16.1. The Morgan fingerprint density at radius 3 is 2.05 bits per heavy atom. The van der Waals surface area contributed by atoms with Crippen LogP contribution in [0, 0.1) is 0 Å². The van der Waals surface area contributed by atoms with Crippen molar-refractivity contribution in [3.05, 3.63) is 65.9 Å². The Balaban J connectivity index is 1.73. The number of rotatable bonds is 9. The minimum absolute atomic E-state index is 0.0839. The monoisotopic (exact) mass is 582 g/mol. The molecule has 1 N–H and O–H groups in total. The summed E-state index contributed by atoms with van der Waals surface area (Å²) < 4.78 is 92.7. The molecule has 2 aromatic heterocycles. The van der Waals surface area contributed by atoms with Crippen molar-refractivity contribution in [3.63, 3.8) is 0 Å². The number of nitrogens with one attached hydrogen (secondary N) is 1.